The molecule has 0 amide bonds. The highest BCUT2D eigenvalue weighted by molar-refractivity contribution is 5.99. The Kier molecular flexibility index (Phi) is 8.87. The van der Waals surface area contributed by atoms with E-state index in [1.165, 1.54) is 11.1 Å². The Morgan fingerprint density at radius 2 is 1.02 bits per heavy atom. The first-order chi connectivity index (χ1) is 27.3. The molecule has 4 nitrogen and oxygen atoms in total. The topological polar surface area (TPSA) is 50.9 Å². The largest absolute Gasteiger partial charge is 0.507 e. The summed E-state index contributed by atoms with van der Waals surface area (Å²) in [6, 6.07) is 63.4. The lowest BCUT2D eigenvalue weighted by Gasteiger charge is -2.26. The summed E-state index contributed by atoms with van der Waals surface area (Å²) in [5.41, 5.74) is 15.6. The van der Waals surface area contributed by atoms with E-state index >= 15 is 0 Å². The predicted octanol–water partition coefficient (Wildman–Crippen LogP) is 13.0. The van der Waals surface area contributed by atoms with Crippen molar-refractivity contribution in [2.45, 2.75) is 19.3 Å². The molecule has 0 aliphatic heterocycles. The molecule has 2 heterocycles. The average molecular weight is 724 g/mol. The van der Waals surface area contributed by atoms with E-state index in [0.717, 1.165) is 66.8 Å². The molecule has 4 heteroatoms. The second-order valence-corrected chi connectivity index (χ2v) is 14.9. The first-order valence-corrected chi connectivity index (χ1v) is 19.0. The van der Waals surface area contributed by atoms with E-state index in [2.05, 4.69) is 164 Å². The Morgan fingerprint density at radius 3 is 1.70 bits per heavy atom. The number of rotatable bonds is 8. The number of para-hydroxylation sites is 1. The van der Waals surface area contributed by atoms with E-state index in [1.807, 2.05) is 43.6 Å². The monoisotopic (exact) mass is 723 g/mol. The number of hydrogen-bond acceptors (Lipinski definition) is 3. The van der Waals surface area contributed by atoms with Gasteiger partial charge in [0.25, 0.3) is 0 Å². The van der Waals surface area contributed by atoms with Gasteiger partial charge in [0.2, 0.25) is 0 Å². The first kappa shape index (κ1) is 34.7. The molecule has 0 saturated heterocycles. The lowest BCUT2D eigenvalue weighted by molar-refractivity contribution is 0.476. The zero-order chi connectivity index (χ0) is 38.2. The van der Waals surface area contributed by atoms with Gasteiger partial charge < -0.3 is 9.67 Å². The van der Waals surface area contributed by atoms with E-state index in [1.54, 1.807) is 6.07 Å². The van der Waals surface area contributed by atoms with Crippen molar-refractivity contribution < 1.29 is 5.11 Å². The third kappa shape index (κ3) is 6.46. The Labute approximate surface area is 328 Å². The fourth-order valence-electron chi connectivity index (χ4n) is 7.81. The molecule has 1 N–H and O–H groups in total. The normalized spacial score (nSPS) is 11.6. The Bertz CT molecular complexity index is 2820. The minimum absolute atomic E-state index is 0.115. The van der Waals surface area contributed by atoms with E-state index in [9.17, 15) is 5.11 Å². The summed E-state index contributed by atoms with van der Waals surface area (Å²) in [6.45, 7) is 4.56. The van der Waals surface area contributed by atoms with Gasteiger partial charge in [-0.2, -0.15) is 0 Å². The molecule has 0 bridgehead atoms. The number of imidazole rings is 1. The number of pyridine rings is 1. The van der Waals surface area contributed by atoms with Crippen molar-refractivity contribution in [1.29, 1.82) is 0 Å². The predicted molar refractivity (Wildman–Crippen MR) is 231 cm³/mol. The lowest BCUT2D eigenvalue weighted by atomic mass is 9.78. The second-order valence-electron chi connectivity index (χ2n) is 14.9. The molecule has 0 fully saturated rings. The maximum absolute atomic E-state index is 10.9. The number of benzene rings is 7. The smallest absolute Gasteiger partial charge is 0.144 e. The van der Waals surface area contributed by atoms with Crippen LogP contribution in [0.5, 0.6) is 5.75 Å². The van der Waals surface area contributed by atoms with Crippen molar-refractivity contribution in [2.24, 2.45) is 7.05 Å². The summed E-state index contributed by atoms with van der Waals surface area (Å²) in [5, 5.41) is 10.9. The number of aromatic hydroxyl groups is 1. The molecule has 9 aromatic rings. The molecule has 0 aliphatic carbocycles. The summed E-state index contributed by atoms with van der Waals surface area (Å²) in [4.78, 5) is 10.2. The molecular formula is C52H41N3O. The highest BCUT2D eigenvalue weighted by Crippen LogP contribution is 2.41. The minimum atomic E-state index is -0.115. The van der Waals surface area contributed by atoms with Crippen molar-refractivity contribution in [3.05, 3.63) is 199 Å². The number of phenolic OH excluding ortho intramolecular Hbond substituents is 1. The highest BCUT2D eigenvalue weighted by Gasteiger charge is 2.23. The molecule has 0 saturated carbocycles. The minimum Gasteiger partial charge on any atom is -0.507 e. The van der Waals surface area contributed by atoms with Crippen molar-refractivity contribution in [2.75, 3.05) is 0 Å². The summed E-state index contributed by atoms with van der Waals surface area (Å²) < 4.78 is 2.08. The van der Waals surface area contributed by atoms with Crippen LogP contribution in [0, 0.1) is 0 Å². The van der Waals surface area contributed by atoms with E-state index in [0.29, 0.717) is 11.4 Å². The average Bonchev–Trinajstić information content (AvgIpc) is 3.59. The van der Waals surface area contributed by atoms with Crippen molar-refractivity contribution >= 4 is 11.0 Å². The van der Waals surface area contributed by atoms with E-state index in [-0.39, 0.29) is 11.2 Å². The third-order valence-electron chi connectivity index (χ3n) is 11.1. The van der Waals surface area contributed by atoms with Crippen LogP contribution in [0.4, 0.5) is 0 Å². The third-order valence-corrected chi connectivity index (χ3v) is 11.1. The number of nitrogens with zero attached hydrogens (tertiary/aromatic N) is 3. The number of hydrogen-bond donors (Lipinski definition) is 1. The highest BCUT2D eigenvalue weighted by atomic mass is 16.3. The Hall–Kier alpha value is -7.04. The molecule has 56 heavy (non-hydrogen) atoms. The number of aryl methyl sites for hydroxylation is 1. The van der Waals surface area contributed by atoms with Crippen LogP contribution in [0.1, 0.15) is 25.0 Å². The molecule has 0 unspecified atom stereocenters. The first-order valence-electron chi connectivity index (χ1n) is 19.0. The van der Waals surface area contributed by atoms with Crippen LogP contribution in [0.25, 0.3) is 78.2 Å². The zero-order valence-electron chi connectivity index (χ0n) is 31.7. The molecule has 2 aromatic heterocycles. The Morgan fingerprint density at radius 1 is 0.464 bits per heavy atom. The molecule has 0 radical (unpaired) electrons. The van der Waals surface area contributed by atoms with Crippen LogP contribution in [0.15, 0.2) is 188 Å². The standard InChI is InChI=1S/C52H41N3O/c1-52(2,43-19-11-6-12-20-43)44-25-23-37(24-26-44)38-27-28-53-47(33-38)42-30-39(35-15-7-4-8-16-35)29-41(31-42)46-32-40(36-17-9-5-10-18-36)34-48-50(46)54-51(55(48)3)45-21-13-14-22-49(45)56/h4-34,56H,1-3H3. The van der Waals surface area contributed by atoms with Crippen LogP contribution in [-0.4, -0.2) is 19.6 Å². The van der Waals surface area contributed by atoms with Crippen molar-refractivity contribution in [3.63, 3.8) is 0 Å². The van der Waals surface area contributed by atoms with Crippen molar-refractivity contribution in [3.8, 4) is 72.9 Å². The summed E-state index contributed by atoms with van der Waals surface area (Å²) in [6.07, 6.45) is 1.91. The molecular weight excluding hydrogens is 683 g/mol. The van der Waals surface area contributed by atoms with Crippen LogP contribution in [0.3, 0.4) is 0 Å². The fraction of sp³-hybridized carbons (Fsp3) is 0.0769. The molecule has 9 rings (SSSR count). The van der Waals surface area contributed by atoms with Gasteiger partial charge in [0.1, 0.15) is 11.6 Å². The molecule has 0 aliphatic rings. The summed E-state index contributed by atoms with van der Waals surface area (Å²) in [7, 11) is 2.02. The number of fused-ring (bicyclic) bond motifs is 1. The van der Waals surface area contributed by atoms with Gasteiger partial charge in [-0.05, 0) is 105 Å². The second kappa shape index (κ2) is 14.3. The van der Waals surface area contributed by atoms with Gasteiger partial charge in [0, 0.05) is 29.8 Å². The van der Waals surface area contributed by atoms with Crippen LogP contribution in [0.2, 0.25) is 0 Å². The van der Waals surface area contributed by atoms with E-state index < -0.39 is 0 Å². The molecule has 270 valence electrons. The zero-order valence-corrected chi connectivity index (χ0v) is 31.7. The van der Waals surface area contributed by atoms with E-state index in [4.69, 9.17) is 9.97 Å². The molecule has 0 atom stereocenters. The van der Waals surface area contributed by atoms with Crippen LogP contribution in [-0.2, 0) is 12.5 Å². The number of phenols is 1. The fourth-order valence-corrected chi connectivity index (χ4v) is 7.81. The lowest BCUT2D eigenvalue weighted by Crippen LogP contribution is -2.18. The van der Waals surface area contributed by atoms with Crippen LogP contribution < -0.4 is 0 Å². The van der Waals surface area contributed by atoms with Gasteiger partial charge >= 0.3 is 0 Å². The summed E-state index contributed by atoms with van der Waals surface area (Å²) >= 11 is 0. The Balaban J connectivity index is 1.20. The molecule has 7 aromatic carbocycles. The quantitative estimate of drug-likeness (QED) is 0.170. The van der Waals surface area contributed by atoms with Gasteiger partial charge in [0.15, 0.2) is 0 Å². The van der Waals surface area contributed by atoms with Crippen LogP contribution >= 0.6 is 0 Å². The van der Waals surface area contributed by atoms with Gasteiger partial charge in [-0.1, -0.05) is 141 Å². The molecule has 0 spiro atoms. The maximum atomic E-state index is 10.9. The SMILES string of the molecule is Cn1c(-c2ccccc2O)nc2c(-c3cc(-c4ccccc4)cc(-c4cc(-c5ccc(C(C)(C)c6ccccc6)cc5)ccn4)c3)cc(-c3ccccc3)cc21. The van der Waals surface area contributed by atoms with Gasteiger partial charge in [-0.15, -0.1) is 0 Å². The van der Waals surface area contributed by atoms with Gasteiger partial charge in [0.05, 0.1) is 22.3 Å². The van der Waals surface area contributed by atoms with Gasteiger partial charge in [-0.3, -0.25) is 4.98 Å². The number of aromatic nitrogens is 3. The summed E-state index contributed by atoms with van der Waals surface area (Å²) in [5.74, 6) is 0.904. The van der Waals surface area contributed by atoms with Crippen molar-refractivity contribution in [1.82, 2.24) is 14.5 Å². The van der Waals surface area contributed by atoms with Gasteiger partial charge in [-0.25, -0.2) is 4.98 Å². The maximum Gasteiger partial charge on any atom is 0.144 e.